The first-order chi connectivity index (χ1) is 9.92. The van der Waals surface area contributed by atoms with Crippen molar-refractivity contribution in [2.45, 2.75) is 44.7 Å². The highest BCUT2D eigenvalue weighted by atomic mass is 32.2. The molecular weight excluding hydrogens is 288 g/mol. The molecule has 2 aliphatic rings. The second kappa shape index (κ2) is 7.37. The van der Waals surface area contributed by atoms with Crippen molar-refractivity contribution in [1.82, 2.24) is 19.2 Å². The number of likely N-dealkylation sites (tertiary alicyclic amines) is 1. The third-order valence-electron chi connectivity index (χ3n) is 4.84. The highest BCUT2D eigenvalue weighted by molar-refractivity contribution is 7.87. The van der Waals surface area contributed by atoms with Crippen molar-refractivity contribution in [1.29, 1.82) is 0 Å². The molecule has 6 nitrogen and oxygen atoms in total. The monoisotopic (exact) mass is 318 g/mol. The Morgan fingerprint density at radius 3 is 2.67 bits per heavy atom. The molecule has 7 heteroatoms. The van der Waals surface area contributed by atoms with Gasteiger partial charge in [0.2, 0.25) is 0 Å². The van der Waals surface area contributed by atoms with Crippen LogP contribution in [-0.4, -0.2) is 70.0 Å². The van der Waals surface area contributed by atoms with Gasteiger partial charge in [0.25, 0.3) is 10.2 Å². The molecule has 21 heavy (non-hydrogen) atoms. The van der Waals surface area contributed by atoms with Crippen molar-refractivity contribution < 1.29 is 8.42 Å². The summed E-state index contributed by atoms with van der Waals surface area (Å²) in [5, 5.41) is 3.15. The lowest BCUT2D eigenvalue weighted by Crippen LogP contribution is -2.53. The number of hydrogen-bond donors (Lipinski definition) is 2. The maximum atomic E-state index is 12.6. The number of rotatable bonds is 5. The average Bonchev–Trinajstić information content (AvgIpc) is 2.43. The number of nitrogens with one attached hydrogen (secondary N) is 2. The molecule has 3 atom stereocenters. The Bertz CT molecular complexity index is 427. The predicted octanol–water partition coefficient (Wildman–Crippen LogP) is 0.235. The molecule has 0 spiro atoms. The van der Waals surface area contributed by atoms with E-state index in [-0.39, 0.29) is 6.04 Å². The quantitative estimate of drug-likeness (QED) is 0.762. The molecule has 0 saturated carbocycles. The van der Waals surface area contributed by atoms with Crippen molar-refractivity contribution >= 4 is 10.2 Å². The molecule has 2 saturated heterocycles. The minimum Gasteiger partial charge on any atom is -0.319 e. The predicted molar refractivity (Wildman–Crippen MR) is 85.4 cm³/mol. The molecule has 0 radical (unpaired) electrons. The van der Waals surface area contributed by atoms with Crippen LogP contribution in [0.4, 0.5) is 0 Å². The van der Waals surface area contributed by atoms with Crippen molar-refractivity contribution in [3.63, 3.8) is 0 Å². The van der Waals surface area contributed by atoms with Crippen LogP contribution >= 0.6 is 0 Å². The molecule has 0 amide bonds. The van der Waals surface area contributed by atoms with E-state index in [1.54, 1.807) is 4.31 Å². The Kier molecular flexibility index (Phi) is 6.02. The first-order valence-electron chi connectivity index (χ1n) is 8.04. The summed E-state index contributed by atoms with van der Waals surface area (Å²) in [6.07, 6.45) is 3.85. The molecule has 3 unspecified atom stereocenters. The van der Waals surface area contributed by atoms with Gasteiger partial charge in [-0.05, 0) is 65.7 Å². The van der Waals surface area contributed by atoms with Gasteiger partial charge in [-0.3, -0.25) is 0 Å². The van der Waals surface area contributed by atoms with Crippen LogP contribution in [0.3, 0.4) is 0 Å². The lowest BCUT2D eigenvalue weighted by Gasteiger charge is -2.37. The Hall–Kier alpha value is -0.210. The first-order valence-corrected chi connectivity index (χ1v) is 9.48. The average molecular weight is 318 g/mol. The second-order valence-electron chi connectivity index (χ2n) is 6.60. The number of nitrogens with zero attached hydrogens (tertiary/aromatic N) is 2. The van der Waals surface area contributed by atoms with Gasteiger partial charge >= 0.3 is 0 Å². The maximum absolute atomic E-state index is 12.6. The number of piperidine rings is 2. The fraction of sp³-hybridized carbons (Fsp3) is 1.00. The zero-order chi connectivity index (χ0) is 15.5. The minimum atomic E-state index is -3.34. The molecule has 0 bridgehead atoms. The van der Waals surface area contributed by atoms with Gasteiger partial charge in [0.05, 0.1) is 0 Å². The summed E-state index contributed by atoms with van der Waals surface area (Å²) in [6, 6.07) is 0.510. The Morgan fingerprint density at radius 2 is 2.00 bits per heavy atom. The van der Waals surface area contributed by atoms with E-state index in [0.717, 1.165) is 38.8 Å². The van der Waals surface area contributed by atoms with Crippen LogP contribution in [0.1, 0.15) is 32.6 Å². The summed E-state index contributed by atoms with van der Waals surface area (Å²) in [6.45, 7) is 5.29. The van der Waals surface area contributed by atoms with E-state index in [0.29, 0.717) is 25.0 Å². The standard InChI is InChI=1S/C14H30N4O2S/c1-12-9-14(6-8-17(12)3)16-21(19,20)18-7-4-5-13(11-18)10-15-2/h12-16H,4-11H2,1-3H3. The van der Waals surface area contributed by atoms with E-state index in [1.807, 2.05) is 7.05 Å². The van der Waals surface area contributed by atoms with Crippen LogP contribution in [0.25, 0.3) is 0 Å². The lowest BCUT2D eigenvalue weighted by atomic mass is 10.00. The van der Waals surface area contributed by atoms with E-state index in [2.05, 4.69) is 28.9 Å². The van der Waals surface area contributed by atoms with Gasteiger partial charge in [0.15, 0.2) is 0 Å². The highest BCUT2D eigenvalue weighted by Crippen LogP contribution is 2.20. The van der Waals surface area contributed by atoms with Crippen LogP contribution in [0.15, 0.2) is 0 Å². The van der Waals surface area contributed by atoms with Gasteiger partial charge in [-0.1, -0.05) is 0 Å². The Labute approximate surface area is 129 Å². The molecule has 0 aromatic rings. The van der Waals surface area contributed by atoms with Gasteiger partial charge in [0, 0.05) is 25.2 Å². The molecule has 124 valence electrons. The molecule has 2 fully saturated rings. The normalized spacial score (nSPS) is 33.2. The highest BCUT2D eigenvalue weighted by Gasteiger charge is 2.32. The van der Waals surface area contributed by atoms with Gasteiger partial charge in [-0.15, -0.1) is 0 Å². The molecule has 2 heterocycles. The van der Waals surface area contributed by atoms with Gasteiger partial charge in [-0.25, -0.2) is 0 Å². The van der Waals surface area contributed by atoms with Gasteiger partial charge in [-0.2, -0.15) is 17.4 Å². The largest absolute Gasteiger partial charge is 0.319 e. The molecule has 2 N–H and O–H groups in total. The fourth-order valence-corrected chi connectivity index (χ4v) is 4.94. The van der Waals surface area contributed by atoms with Crippen LogP contribution in [0, 0.1) is 5.92 Å². The van der Waals surface area contributed by atoms with E-state index < -0.39 is 10.2 Å². The minimum absolute atomic E-state index is 0.0749. The smallest absolute Gasteiger partial charge is 0.279 e. The summed E-state index contributed by atoms with van der Waals surface area (Å²) >= 11 is 0. The zero-order valence-corrected chi connectivity index (χ0v) is 14.3. The molecule has 0 aromatic heterocycles. The first kappa shape index (κ1) is 17.1. The van der Waals surface area contributed by atoms with E-state index in [4.69, 9.17) is 0 Å². The molecule has 0 aliphatic carbocycles. The summed E-state index contributed by atoms with van der Waals surface area (Å²) < 4.78 is 29.7. The van der Waals surface area contributed by atoms with Crippen LogP contribution < -0.4 is 10.0 Å². The molecule has 2 aliphatic heterocycles. The van der Waals surface area contributed by atoms with E-state index in [9.17, 15) is 8.42 Å². The van der Waals surface area contributed by atoms with Gasteiger partial charge < -0.3 is 10.2 Å². The topological polar surface area (TPSA) is 64.7 Å². The van der Waals surface area contributed by atoms with Crippen LogP contribution in [0.2, 0.25) is 0 Å². The zero-order valence-electron chi connectivity index (χ0n) is 13.5. The van der Waals surface area contributed by atoms with Crippen LogP contribution in [-0.2, 0) is 10.2 Å². The molecule has 0 aromatic carbocycles. The van der Waals surface area contributed by atoms with Crippen molar-refractivity contribution in [2.75, 3.05) is 40.3 Å². The van der Waals surface area contributed by atoms with E-state index >= 15 is 0 Å². The SMILES string of the molecule is CNCC1CCCN(S(=O)(=O)NC2CCN(C)C(C)C2)C1. The molecular formula is C14H30N4O2S. The van der Waals surface area contributed by atoms with Gasteiger partial charge in [0.1, 0.15) is 0 Å². The second-order valence-corrected chi connectivity index (χ2v) is 8.30. The summed E-state index contributed by atoms with van der Waals surface area (Å²) in [7, 11) is 0.684. The van der Waals surface area contributed by atoms with Crippen molar-refractivity contribution in [2.24, 2.45) is 5.92 Å². The fourth-order valence-electron chi connectivity index (χ4n) is 3.38. The Balaban J connectivity index is 1.92. The third-order valence-corrected chi connectivity index (χ3v) is 6.48. The summed E-state index contributed by atoms with van der Waals surface area (Å²) in [4.78, 5) is 2.29. The molecule has 2 rings (SSSR count). The third kappa shape index (κ3) is 4.63. The summed E-state index contributed by atoms with van der Waals surface area (Å²) in [5.74, 6) is 0.428. The maximum Gasteiger partial charge on any atom is 0.279 e. The lowest BCUT2D eigenvalue weighted by molar-refractivity contribution is 0.175. The van der Waals surface area contributed by atoms with Crippen molar-refractivity contribution in [3.05, 3.63) is 0 Å². The van der Waals surface area contributed by atoms with Crippen molar-refractivity contribution in [3.8, 4) is 0 Å². The Morgan fingerprint density at radius 1 is 1.24 bits per heavy atom. The van der Waals surface area contributed by atoms with E-state index in [1.165, 1.54) is 0 Å². The number of hydrogen-bond acceptors (Lipinski definition) is 4. The summed E-state index contributed by atoms with van der Waals surface area (Å²) in [5.41, 5.74) is 0. The van der Waals surface area contributed by atoms with Crippen LogP contribution in [0.5, 0.6) is 0 Å².